The van der Waals surface area contributed by atoms with Crippen molar-refractivity contribution < 1.29 is 0 Å². The van der Waals surface area contributed by atoms with Crippen LogP contribution < -0.4 is 27.5 Å². The molecule has 0 atom stereocenters. The lowest BCUT2D eigenvalue weighted by Crippen LogP contribution is -2.45. The molecule has 0 aliphatic rings. The molecule has 3 aromatic heterocycles. The van der Waals surface area contributed by atoms with Crippen molar-refractivity contribution in [2.24, 2.45) is 5.84 Å². The lowest BCUT2D eigenvalue weighted by Gasteiger charge is -2.22. The molecule has 0 aliphatic heterocycles. The first-order valence-corrected chi connectivity index (χ1v) is 7.52. The zero-order chi connectivity index (χ0) is 17.3. The number of aromatic amines is 2. The average Bonchev–Trinajstić information content (AvgIpc) is 3.04. The first-order valence-electron chi connectivity index (χ1n) is 7.52. The highest BCUT2D eigenvalue weighted by molar-refractivity contribution is 5.75. The molecule has 10 heteroatoms. The van der Waals surface area contributed by atoms with Crippen molar-refractivity contribution >= 4 is 17.0 Å². The van der Waals surface area contributed by atoms with E-state index < -0.39 is 11.2 Å². The number of rotatable bonds is 5. The van der Waals surface area contributed by atoms with Crippen molar-refractivity contribution in [2.45, 2.75) is 13.8 Å². The van der Waals surface area contributed by atoms with Crippen LogP contribution in [-0.2, 0) is 0 Å². The van der Waals surface area contributed by atoms with Gasteiger partial charge >= 0.3 is 5.69 Å². The fourth-order valence-electron chi connectivity index (χ4n) is 2.51. The van der Waals surface area contributed by atoms with Crippen LogP contribution in [-0.4, -0.2) is 37.7 Å². The maximum Gasteiger partial charge on any atom is 0.349 e. The number of imidazole rings is 1. The van der Waals surface area contributed by atoms with Crippen molar-refractivity contribution in [3.8, 4) is 11.4 Å². The van der Waals surface area contributed by atoms with Crippen LogP contribution in [0.15, 0.2) is 27.9 Å². The van der Waals surface area contributed by atoms with Gasteiger partial charge in [-0.25, -0.2) is 20.6 Å². The average molecular weight is 330 g/mol. The van der Waals surface area contributed by atoms with E-state index in [0.717, 1.165) is 0 Å². The highest BCUT2D eigenvalue weighted by atomic mass is 16.2. The standard InChI is InChI=1S/C14H18N8O2/c1-3-21(4-2)22-12-10(13(23)19-14(22)24)17-11(18-12)8-5-6-9(20-15)16-7-8/h5-7H,3-4,15H2,1-2H3,(H,16,20)(H,17,18)(H,19,23,24). The number of fused-ring (bicyclic) bond motifs is 1. The summed E-state index contributed by atoms with van der Waals surface area (Å²) in [5, 5.41) is 1.78. The summed E-state index contributed by atoms with van der Waals surface area (Å²) in [5.74, 6) is 6.25. The molecule has 0 aromatic carbocycles. The Morgan fingerprint density at radius 1 is 1.25 bits per heavy atom. The van der Waals surface area contributed by atoms with Crippen molar-refractivity contribution in [1.29, 1.82) is 0 Å². The highest BCUT2D eigenvalue weighted by Crippen LogP contribution is 2.18. The second kappa shape index (κ2) is 6.16. The highest BCUT2D eigenvalue weighted by Gasteiger charge is 2.17. The van der Waals surface area contributed by atoms with Crippen LogP contribution in [0, 0.1) is 0 Å². The molecule has 10 nitrogen and oxygen atoms in total. The molecule has 0 radical (unpaired) electrons. The minimum Gasteiger partial charge on any atom is -0.332 e. The molecular weight excluding hydrogens is 312 g/mol. The Hall–Kier alpha value is -3.14. The van der Waals surface area contributed by atoms with Crippen LogP contribution in [0.4, 0.5) is 5.82 Å². The van der Waals surface area contributed by atoms with E-state index in [2.05, 4.69) is 25.4 Å². The fraction of sp³-hybridized carbons (Fsp3) is 0.286. The van der Waals surface area contributed by atoms with Gasteiger partial charge in [0.1, 0.15) is 11.6 Å². The number of nitrogen functional groups attached to an aromatic ring is 1. The van der Waals surface area contributed by atoms with Crippen molar-refractivity contribution in [3.63, 3.8) is 0 Å². The number of hydrazine groups is 1. The van der Waals surface area contributed by atoms with Crippen LogP contribution in [0.5, 0.6) is 0 Å². The molecule has 3 aromatic rings. The monoisotopic (exact) mass is 330 g/mol. The molecule has 5 N–H and O–H groups in total. The van der Waals surface area contributed by atoms with Gasteiger partial charge in [0.25, 0.3) is 5.56 Å². The second-order valence-corrected chi connectivity index (χ2v) is 5.07. The molecule has 0 fully saturated rings. The van der Waals surface area contributed by atoms with Crippen LogP contribution in [0.25, 0.3) is 22.6 Å². The summed E-state index contributed by atoms with van der Waals surface area (Å²) in [6.07, 6.45) is 1.57. The maximum absolute atomic E-state index is 12.2. The molecule has 0 saturated carbocycles. The summed E-state index contributed by atoms with van der Waals surface area (Å²) in [5.41, 5.74) is 2.60. The Kier molecular flexibility index (Phi) is 4.04. The van der Waals surface area contributed by atoms with Gasteiger partial charge in [0.05, 0.1) is 0 Å². The summed E-state index contributed by atoms with van der Waals surface area (Å²) in [7, 11) is 0. The van der Waals surface area contributed by atoms with Crippen molar-refractivity contribution in [3.05, 3.63) is 39.2 Å². The van der Waals surface area contributed by atoms with Crippen LogP contribution >= 0.6 is 0 Å². The summed E-state index contributed by atoms with van der Waals surface area (Å²) in [6, 6.07) is 3.44. The molecule has 3 heterocycles. The predicted molar refractivity (Wildman–Crippen MR) is 91.3 cm³/mol. The van der Waals surface area contributed by atoms with Gasteiger partial charge in [-0.15, -0.1) is 0 Å². The maximum atomic E-state index is 12.2. The SMILES string of the molecule is CCN(CC)n1c(=O)[nH]c(=O)c2[nH]c(-c3ccc(NN)nc3)nc21. The smallest absolute Gasteiger partial charge is 0.332 e. The molecule has 0 amide bonds. The van der Waals surface area contributed by atoms with Gasteiger partial charge in [-0.05, 0) is 26.0 Å². The minimum atomic E-state index is -0.518. The van der Waals surface area contributed by atoms with E-state index in [1.165, 1.54) is 4.68 Å². The first kappa shape index (κ1) is 15.7. The third-order valence-corrected chi connectivity index (χ3v) is 3.72. The van der Waals surface area contributed by atoms with Gasteiger partial charge < -0.3 is 15.4 Å². The number of pyridine rings is 1. The van der Waals surface area contributed by atoms with Gasteiger partial charge in [0, 0.05) is 24.8 Å². The van der Waals surface area contributed by atoms with Crippen molar-refractivity contribution in [2.75, 3.05) is 23.5 Å². The molecule has 0 spiro atoms. The first-order chi connectivity index (χ1) is 11.6. The summed E-state index contributed by atoms with van der Waals surface area (Å²) in [4.78, 5) is 38.1. The van der Waals surface area contributed by atoms with E-state index >= 15 is 0 Å². The Morgan fingerprint density at radius 2 is 2.00 bits per heavy atom. The minimum absolute atomic E-state index is 0.234. The van der Waals surface area contributed by atoms with Crippen LogP contribution in [0.1, 0.15) is 13.8 Å². The Labute approximate surface area is 136 Å². The zero-order valence-corrected chi connectivity index (χ0v) is 13.3. The number of nitrogens with one attached hydrogen (secondary N) is 3. The Bertz CT molecular complexity index is 965. The number of hydrogen-bond donors (Lipinski definition) is 4. The molecular formula is C14H18N8O2. The topological polar surface area (TPSA) is 138 Å². The number of nitrogens with two attached hydrogens (primary N) is 1. The molecule has 0 saturated heterocycles. The zero-order valence-electron chi connectivity index (χ0n) is 13.3. The van der Waals surface area contributed by atoms with Crippen LogP contribution in [0.3, 0.4) is 0 Å². The fourth-order valence-corrected chi connectivity index (χ4v) is 2.51. The lowest BCUT2D eigenvalue weighted by atomic mass is 10.3. The second-order valence-electron chi connectivity index (χ2n) is 5.07. The Balaban J connectivity index is 2.22. The summed E-state index contributed by atoms with van der Waals surface area (Å²) >= 11 is 0. The predicted octanol–water partition coefficient (Wildman–Crippen LogP) is -0.262. The number of hydrogen-bond acceptors (Lipinski definition) is 7. The summed E-state index contributed by atoms with van der Waals surface area (Å²) in [6.45, 7) is 5.03. The van der Waals surface area contributed by atoms with Crippen molar-refractivity contribution in [1.82, 2.24) is 24.6 Å². The molecule has 3 rings (SSSR count). The molecule has 0 bridgehead atoms. The van der Waals surface area contributed by atoms with E-state index in [1.807, 2.05) is 13.8 Å². The Morgan fingerprint density at radius 3 is 2.58 bits per heavy atom. The number of anilines is 1. The third-order valence-electron chi connectivity index (χ3n) is 3.72. The van der Waals surface area contributed by atoms with Gasteiger partial charge in [-0.1, -0.05) is 0 Å². The third kappa shape index (κ3) is 2.52. The van der Waals surface area contributed by atoms with E-state index in [-0.39, 0.29) is 11.2 Å². The molecule has 0 unspecified atom stereocenters. The number of nitrogens with zero attached hydrogens (tertiary/aromatic N) is 4. The number of aromatic nitrogens is 5. The molecule has 126 valence electrons. The lowest BCUT2D eigenvalue weighted by molar-refractivity contribution is 0.600. The summed E-state index contributed by atoms with van der Waals surface area (Å²) < 4.78 is 1.37. The van der Waals surface area contributed by atoms with E-state index in [9.17, 15) is 9.59 Å². The van der Waals surface area contributed by atoms with E-state index in [0.29, 0.717) is 30.3 Å². The van der Waals surface area contributed by atoms with E-state index in [4.69, 9.17) is 5.84 Å². The number of H-pyrrole nitrogens is 2. The normalized spacial score (nSPS) is 11.0. The van der Waals surface area contributed by atoms with Gasteiger partial charge in [-0.3, -0.25) is 9.78 Å². The quantitative estimate of drug-likeness (QED) is 0.373. The molecule has 0 aliphatic carbocycles. The van der Waals surface area contributed by atoms with Gasteiger partial charge in [0.2, 0.25) is 0 Å². The van der Waals surface area contributed by atoms with Gasteiger partial charge in [0.15, 0.2) is 11.2 Å². The molecule has 24 heavy (non-hydrogen) atoms. The van der Waals surface area contributed by atoms with Crippen LogP contribution in [0.2, 0.25) is 0 Å². The van der Waals surface area contributed by atoms with Gasteiger partial charge in [-0.2, -0.15) is 4.68 Å². The van der Waals surface area contributed by atoms with E-state index in [1.54, 1.807) is 23.3 Å². The largest absolute Gasteiger partial charge is 0.349 e.